The molecule has 0 aliphatic carbocycles. The van der Waals surface area contributed by atoms with Gasteiger partial charge in [-0.25, -0.2) is 0 Å². The maximum Gasteiger partial charge on any atom is 0.118 e. The van der Waals surface area contributed by atoms with Gasteiger partial charge in [0.1, 0.15) is 5.75 Å². The topological polar surface area (TPSA) is 47.3 Å². The van der Waals surface area contributed by atoms with Crippen molar-refractivity contribution in [1.29, 1.82) is 0 Å². The number of hydrogen-bond acceptors (Lipinski definition) is 3. The summed E-state index contributed by atoms with van der Waals surface area (Å²) in [6.45, 7) is 2.98. The quantitative estimate of drug-likeness (QED) is 0.627. The van der Waals surface area contributed by atoms with Gasteiger partial charge in [-0.1, -0.05) is 25.0 Å². The number of rotatable bonds is 10. The molecule has 1 aromatic carbocycles. The molecule has 0 aliphatic rings. The molecule has 3 nitrogen and oxygen atoms in total. The van der Waals surface area contributed by atoms with E-state index in [2.05, 4.69) is 17.4 Å². The largest absolute Gasteiger partial charge is 0.497 e. The van der Waals surface area contributed by atoms with Crippen LogP contribution in [-0.4, -0.2) is 26.7 Å². The Labute approximate surface area is 111 Å². The maximum atomic E-state index is 5.45. The van der Waals surface area contributed by atoms with Crippen LogP contribution in [0.1, 0.15) is 31.2 Å². The van der Waals surface area contributed by atoms with Crippen LogP contribution in [-0.2, 0) is 6.42 Å². The molecule has 0 radical (unpaired) electrons. The lowest BCUT2D eigenvalue weighted by atomic mass is 10.1. The molecule has 1 aromatic rings. The minimum atomic E-state index is 0.824. The summed E-state index contributed by atoms with van der Waals surface area (Å²) in [6.07, 6.45) is 6.03. The minimum absolute atomic E-state index is 0.824. The highest BCUT2D eigenvalue weighted by molar-refractivity contribution is 5.27. The van der Waals surface area contributed by atoms with Crippen molar-refractivity contribution in [3.8, 4) is 5.75 Å². The monoisotopic (exact) mass is 250 g/mol. The van der Waals surface area contributed by atoms with Crippen molar-refractivity contribution in [2.75, 3.05) is 26.7 Å². The second-order valence-electron chi connectivity index (χ2n) is 4.55. The molecule has 1 rings (SSSR count). The lowest BCUT2D eigenvalue weighted by molar-refractivity contribution is 0.414. The van der Waals surface area contributed by atoms with Crippen molar-refractivity contribution in [3.63, 3.8) is 0 Å². The van der Waals surface area contributed by atoms with E-state index in [0.717, 1.165) is 38.2 Å². The molecule has 0 amide bonds. The number of nitrogens with one attached hydrogen (secondary N) is 1. The molecular weight excluding hydrogens is 224 g/mol. The lowest BCUT2D eigenvalue weighted by Gasteiger charge is -2.06. The Morgan fingerprint density at radius 2 is 1.72 bits per heavy atom. The Balaban J connectivity index is 2.00. The average Bonchev–Trinajstić information content (AvgIpc) is 2.42. The van der Waals surface area contributed by atoms with Crippen molar-refractivity contribution in [3.05, 3.63) is 29.8 Å². The third kappa shape index (κ3) is 6.62. The molecular formula is C15H26N2O. The number of methoxy groups -OCH3 is 1. The van der Waals surface area contributed by atoms with Crippen LogP contribution in [0.2, 0.25) is 0 Å². The van der Waals surface area contributed by atoms with Crippen LogP contribution in [0.3, 0.4) is 0 Å². The number of unbranched alkanes of at least 4 members (excludes halogenated alkanes) is 3. The van der Waals surface area contributed by atoms with Crippen molar-refractivity contribution in [2.45, 2.75) is 32.1 Å². The Bertz CT molecular complexity index is 298. The van der Waals surface area contributed by atoms with Gasteiger partial charge in [0.15, 0.2) is 0 Å². The Morgan fingerprint density at radius 1 is 1.00 bits per heavy atom. The molecule has 0 unspecified atom stereocenters. The molecule has 0 aliphatic heterocycles. The van der Waals surface area contributed by atoms with Crippen LogP contribution in [0.25, 0.3) is 0 Å². The van der Waals surface area contributed by atoms with Gasteiger partial charge in [0.05, 0.1) is 7.11 Å². The second kappa shape index (κ2) is 9.92. The third-order valence-corrected chi connectivity index (χ3v) is 3.06. The molecule has 0 aromatic heterocycles. The van der Waals surface area contributed by atoms with E-state index in [-0.39, 0.29) is 0 Å². The van der Waals surface area contributed by atoms with Crippen molar-refractivity contribution >= 4 is 0 Å². The normalized spacial score (nSPS) is 10.6. The molecule has 0 atom stereocenters. The predicted molar refractivity (Wildman–Crippen MR) is 77.1 cm³/mol. The molecule has 3 N–H and O–H groups in total. The first kappa shape index (κ1) is 15.0. The van der Waals surface area contributed by atoms with E-state index in [1.165, 1.54) is 24.8 Å². The highest BCUT2D eigenvalue weighted by Crippen LogP contribution is 2.11. The second-order valence-corrected chi connectivity index (χ2v) is 4.55. The number of ether oxygens (including phenoxy) is 1. The van der Waals surface area contributed by atoms with E-state index in [9.17, 15) is 0 Å². The molecule has 0 spiro atoms. The SMILES string of the molecule is COc1ccc(CCNCCCCCCN)cc1. The molecule has 18 heavy (non-hydrogen) atoms. The first-order chi connectivity index (χ1) is 8.86. The molecule has 0 bridgehead atoms. The van der Waals surface area contributed by atoms with E-state index >= 15 is 0 Å². The zero-order chi connectivity index (χ0) is 13.1. The number of nitrogens with two attached hydrogens (primary N) is 1. The van der Waals surface area contributed by atoms with Crippen LogP contribution >= 0.6 is 0 Å². The Morgan fingerprint density at radius 3 is 2.39 bits per heavy atom. The average molecular weight is 250 g/mol. The Hall–Kier alpha value is -1.06. The predicted octanol–water partition coefficient (Wildman–Crippen LogP) is 2.35. The third-order valence-electron chi connectivity index (χ3n) is 3.06. The molecule has 3 heteroatoms. The molecule has 0 saturated carbocycles. The van der Waals surface area contributed by atoms with E-state index in [1.807, 2.05) is 12.1 Å². The highest BCUT2D eigenvalue weighted by atomic mass is 16.5. The summed E-state index contributed by atoms with van der Waals surface area (Å²) in [6, 6.07) is 8.29. The van der Waals surface area contributed by atoms with E-state index in [4.69, 9.17) is 10.5 Å². The number of benzene rings is 1. The molecule has 102 valence electrons. The summed E-state index contributed by atoms with van der Waals surface area (Å²) in [5, 5.41) is 3.48. The van der Waals surface area contributed by atoms with Gasteiger partial charge in [-0.3, -0.25) is 0 Å². The summed E-state index contributed by atoms with van der Waals surface area (Å²) < 4.78 is 5.13. The van der Waals surface area contributed by atoms with E-state index in [0.29, 0.717) is 0 Å². The van der Waals surface area contributed by atoms with Gasteiger partial charge >= 0.3 is 0 Å². The standard InChI is InChI=1S/C15H26N2O/c1-18-15-8-6-14(7-9-15)10-13-17-12-5-3-2-4-11-16/h6-9,17H,2-5,10-13,16H2,1H3. The molecule has 0 saturated heterocycles. The fourth-order valence-corrected chi connectivity index (χ4v) is 1.90. The first-order valence-electron chi connectivity index (χ1n) is 6.90. The van der Waals surface area contributed by atoms with Crippen LogP contribution < -0.4 is 15.8 Å². The fourth-order valence-electron chi connectivity index (χ4n) is 1.90. The zero-order valence-corrected chi connectivity index (χ0v) is 11.5. The van der Waals surface area contributed by atoms with Crippen LogP contribution in [0.4, 0.5) is 0 Å². The molecule has 0 fully saturated rings. The van der Waals surface area contributed by atoms with Gasteiger partial charge in [0.25, 0.3) is 0 Å². The van der Waals surface area contributed by atoms with Gasteiger partial charge in [-0.2, -0.15) is 0 Å². The van der Waals surface area contributed by atoms with E-state index < -0.39 is 0 Å². The maximum absolute atomic E-state index is 5.45. The van der Waals surface area contributed by atoms with Gasteiger partial charge in [-0.05, 0) is 56.6 Å². The zero-order valence-electron chi connectivity index (χ0n) is 11.5. The Kier molecular flexibility index (Phi) is 8.26. The fraction of sp³-hybridized carbons (Fsp3) is 0.600. The number of hydrogen-bond donors (Lipinski definition) is 2. The smallest absolute Gasteiger partial charge is 0.118 e. The summed E-state index contributed by atoms with van der Waals surface area (Å²) in [5.41, 5.74) is 6.80. The van der Waals surface area contributed by atoms with Crippen LogP contribution in [0, 0.1) is 0 Å². The van der Waals surface area contributed by atoms with Gasteiger partial charge in [-0.15, -0.1) is 0 Å². The van der Waals surface area contributed by atoms with Crippen molar-refractivity contribution in [2.24, 2.45) is 5.73 Å². The minimum Gasteiger partial charge on any atom is -0.497 e. The van der Waals surface area contributed by atoms with Crippen LogP contribution in [0.5, 0.6) is 5.75 Å². The van der Waals surface area contributed by atoms with Crippen molar-refractivity contribution in [1.82, 2.24) is 5.32 Å². The molecule has 0 heterocycles. The summed E-state index contributed by atoms with van der Waals surface area (Å²) in [7, 11) is 1.70. The van der Waals surface area contributed by atoms with Gasteiger partial charge < -0.3 is 15.8 Å². The lowest BCUT2D eigenvalue weighted by Crippen LogP contribution is -2.18. The van der Waals surface area contributed by atoms with E-state index in [1.54, 1.807) is 7.11 Å². The highest BCUT2D eigenvalue weighted by Gasteiger charge is 1.95. The summed E-state index contributed by atoms with van der Waals surface area (Å²) >= 11 is 0. The van der Waals surface area contributed by atoms with Crippen LogP contribution in [0.15, 0.2) is 24.3 Å². The summed E-state index contributed by atoms with van der Waals surface area (Å²) in [4.78, 5) is 0. The van der Waals surface area contributed by atoms with Gasteiger partial charge in [0.2, 0.25) is 0 Å². The summed E-state index contributed by atoms with van der Waals surface area (Å²) in [5.74, 6) is 0.923. The van der Waals surface area contributed by atoms with Gasteiger partial charge in [0, 0.05) is 0 Å². The van der Waals surface area contributed by atoms with Crippen molar-refractivity contribution < 1.29 is 4.74 Å². The first-order valence-corrected chi connectivity index (χ1v) is 6.90.